The number of nitriles is 1. The molecule has 2 radical (unpaired) electrons. The number of aryl methyl sites for hydroxylation is 4. The molecule has 20 heavy (non-hydrogen) atoms. The molecule has 0 N–H and O–H groups in total. The number of thiazole rings is 1. The van der Waals surface area contributed by atoms with Crippen molar-refractivity contribution in [3.05, 3.63) is 32.9 Å². The molecule has 2 aromatic heterocycles. The minimum Gasteiger partial charge on any atom is -0.565 e. The second kappa shape index (κ2) is 5.51. The van der Waals surface area contributed by atoms with Gasteiger partial charge in [-0.25, -0.2) is 9.97 Å². The lowest BCUT2D eigenvalue weighted by atomic mass is 10.1. The first kappa shape index (κ1) is 14.3. The normalized spacial score (nSPS) is 11.9. The summed E-state index contributed by atoms with van der Waals surface area (Å²) in [6, 6.07) is 2.10. The Morgan fingerprint density at radius 2 is 1.95 bits per heavy atom. The molecular formula is C13H12BN3O2S. The molecule has 7 heteroatoms. The summed E-state index contributed by atoms with van der Waals surface area (Å²) in [6.07, 6.45) is 0. The number of rotatable bonds is 3. The second-order valence-electron chi connectivity index (χ2n) is 4.21. The van der Waals surface area contributed by atoms with E-state index in [0.717, 1.165) is 9.88 Å². The van der Waals surface area contributed by atoms with Crippen molar-refractivity contribution in [3.63, 3.8) is 0 Å². The number of hydrogen-bond acceptors (Lipinski definition) is 6. The van der Waals surface area contributed by atoms with Gasteiger partial charge in [0.15, 0.2) is 5.89 Å². The van der Waals surface area contributed by atoms with Gasteiger partial charge in [0.25, 0.3) is 0 Å². The molecule has 0 aliphatic rings. The molecule has 2 heterocycles. The van der Waals surface area contributed by atoms with Gasteiger partial charge in [0.2, 0.25) is 0 Å². The Labute approximate surface area is 122 Å². The molecule has 0 aromatic carbocycles. The van der Waals surface area contributed by atoms with E-state index >= 15 is 0 Å². The average Bonchev–Trinajstić information content (AvgIpc) is 2.88. The summed E-state index contributed by atoms with van der Waals surface area (Å²) in [4.78, 5) is 9.49. The van der Waals surface area contributed by atoms with Crippen LogP contribution in [-0.4, -0.2) is 18.0 Å². The van der Waals surface area contributed by atoms with Gasteiger partial charge in [0, 0.05) is 11.8 Å². The van der Waals surface area contributed by atoms with E-state index < -0.39 is 0 Å². The highest BCUT2D eigenvalue weighted by Crippen LogP contribution is 2.31. The van der Waals surface area contributed by atoms with Gasteiger partial charge < -0.3 is 9.07 Å². The van der Waals surface area contributed by atoms with Crippen LogP contribution < -0.4 is 0 Å². The number of aromatic nitrogens is 2. The lowest BCUT2D eigenvalue weighted by molar-refractivity contribution is 0.492. The lowest BCUT2D eigenvalue weighted by Crippen LogP contribution is -1.98. The number of nitrogens with zero attached hydrogens (tertiary/aromatic N) is 3. The molecule has 0 saturated heterocycles. The number of hydrogen-bond donors (Lipinski definition) is 0. The van der Waals surface area contributed by atoms with Crippen molar-refractivity contribution in [2.24, 2.45) is 0 Å². The highest BCUT2D eigenvalue weighted by atomic mass is 32.1. The smallest absolute Gasteiger partial charge is 0.374 e. The second-order valence-corrected chi connectivity index (χ2v) is 5.62. The zero-order chi connectivity index (χ0) is 14.9. The van der Waals surface area contributed by atoms with Gasteiger partial charge in [0.05, 0.1) is 10.7 Å². The SMILES string of the molecule is [B]OC(=C(C#N)c1nc(C)sc1C)c1nc(C)oc1C. The fraction of sp³-hybridized carbons (Fsp3) is 0.308. The Hall–Kier alpha value is -2.07. The summed E-state index contributed by atoms with van der Waals surface area (Å²) < 4.78 is 10.3. The van der Waals surface area contributed by atoms with Crippen LogP contribution in [0.15, 0.2) is 4.42 Å². The maximum absolute atomic E-state index is 9.44. The molecule has 0 atom stereocenters. The molecule has 5 nitrogen and oxygen atoms in total. The summed E-state index contributed by atoms with van der Waals surface area (Å²) >= 11 is 1.51. The third-order valence-electron chi connectivity index (χ3n) is 2.72. The Balaban J connectivity index is 2.69. The molecule has 2 aromatic rings. The fourth-order valence-corrected chi connectivity index (χ4v) is 2.77. The van der Waals surface area contributed by atoms with Gasteiger partial charge in [-0.1, -0.05) is 0 Å². The molecule has 0 fully saturated rings. The summed E-state index contributed by atoms with van der Waals surface area (Å²) in [5.74, 6) is 1.20. The predicted molar refractivity (Wildman–Crippen MR) is 76.8 cm³/mol. The Morgan fingerprint density at radius 3 is 2.35 bits per heavy atom. The van der Waals surface area contributed by atoms with Crippen LogP contribution in [0, 0.1) is 39.0 Å². The molecule has 0 aliphatic heterocycles. The maximum Gasteiger partial charge on any atom is 0.374 e. The van der Waals surface area contributed by atoms with Gasteiger partial charge in [-0.15, -0.1) is 11.3 Å². The van der Waals surface area contributed by atoms with Crippen molar-refractivity contribution in [1.82, 2.24) is 9.97 Å². The van der Waals surface area contributed by atoms with Gasteiger partial charge >= 0.3 is 8.05 Å². The zero-order valence-corrected chi connectivity index (χ0v) is 12.5. The number of oxazole rings is 1. The van der Waals surface area contributed by atoms with Crippen LogP contribution in [0.5, 0.6) is 0 Å². The van der Waals surface area contributed by atoms with Crippen molar-refractivity contribution in [2.75, 3.05) is 0 Å². The summed E-state index contributed by atoms with van der Waals surface area (Å²) in [7, 11) is 5.34. The molecule has 0 spiro atoms. The van der Waals surface area contributed by atoms with E-state index in [4.69, 9.17) is 17.1 Å². The highest BCUT2D eigenvalue weighted by Gasteiger charge is 2.21. The quantitative estimate of drug-likeness (QED) is 0.492. The van der Waals surface area contributed by atoms with E-state index in [-0.39, 0.29) is 11.3 Å². The van der Waals surface area contributed by atoms with Crippen molar-refractivity contribution in [3.8, 4) is 6.07 Å². The van der Waals surface area contributed by atoms with Crippen molar-refractivity contribution >= 4 is 30.7 Å². The summed E-state index contributed by atoms with van der Waals surface area (Å²) in [5, 5.41) is 10.3. The van der Waals surface area contributed by atoms with Crippen molar-refractivity contribution in [1.29, 1.82) is 5.26 Å². The van der Waals surface area contributed by atoms with Crippen molar-refractivity contribution in [2.45, 2.75) is 27.7 Å². The predicted octanol–water partition coefficient (Wildman–Crippen LogP) is 2.86. The third kappa shape index (κ3) is 2.47. The van der Waals surface area contributed by atoms with E-state index in [9.17, 15) is 5.26 Å². The van der Waals surface area contributed by atoms with Crippen LogP contribution in [0.3, 0.4) is 0 Å². The molecular weight excluding hydrogens is 273 g/mol. The first-order chi connectivity index (χ1) is 9.47. The lowest BCUT2D eigenvalue weighted by Gasteiger charge is -2.07. The molecule has 0 bridgehead atoms. The number of allylic oxidation sites excluding steroid dienone is 1. The molecule has 2 rings (SSSR count). The van der Waals surface area contributed by atoms with E-state index in [1.54, 1.807) is 13.8 Å². The maximum atomic E-state index is 9.44. The Bertz CT molecular complexity index is 725. The van der Waals surface area contributed by atoms with E-state index in [1.165, 1.54) is 11.3 Å². The minimum atomic E-state index is 0.176. The molecule has 100 valence electrons. The van der Waals surface area contributed by atoms with Crippen LogP contribution in [0.25, 0.3) is 11.3 Å². The van der Waals surface area contributed by atoms with Gasteiger partial charge in [-0.2, -0.15) is 5.26 Å². The summed E-state index contributed by atoms with van der Waals surface area (Å²) in [5.41, 5.74) is 1.24. The Morgan fingerprint density at radius 1 is 1.25 bits per heavy atom. The first-order valence-corrected chi connectivity index (χ1v) is 6.69. The van der Waals surface area contributed by atoms with Crippen LogP contribution >= 0.6 is 11.3 Å². The van der Waals surface area contributed by atoms with Crippen LogP contribution in [0.4, 0.5) is 0 Å². The van der Waals surface area contributed by atoms with Gasteiger partial charge in [-0.3, -0.25) is 0 Å². The van der Waals surface area contributed by atoms with Crippen molar-refractivity contribution < 1.29 is 9.07 Å². The fourth-order valence-electron chi connectivity index (χ4n) is 1.94. The first-order valence-electron chi connectivity index (χ1n) is 5.87. The van der Waals surface area contributed by atoms with Crippen LogP contribution in [0.2, 0.25) is 0 Å². The Kier molecular flexibility index (Phi) is 3.95. The van der Waals surface area contributed by atoms with Gasteiger partial charge in [0.1, 0.15) is 28.9 Å². The van der Waals surface area contributed by atoms with E-state index in [2.05, 4.69) is 16.0 Å². The van der Waals surface area contributed by atoms with E-state index in [1.807, 2.05) is 13.8 Å². The minimum absolute atomic E-state index is 0.176. The third-order valence-corrected chi connectivity index (χ3v) is 3.60. The van der Waals surface area contributed by atoms with Crippen LogP contribution in [-0.2, 0) is 4.65 Å². The molecule has 0 amide bonds. The monoisotopic (exact) mass is 285 g/mol. The molecule has 0 saturated carbocycles. The van der Waals surface area contributed by atoms with E-state index in [0.29, 0.717) is 23.0 Å². The largest absolute Gasteiger partial charge is 0.565 e. The highest BCUT2D eigenvalue weighted by molar-refractivity contribution is 7.11. The summed E-state index contributed by atoms with van der Waals surface area (Å²) in [6.45, 7) is 7.23. The zero-order valence-electron chi connectivity index (χ0n) is 11.6. The topological polar surface area (TPSA) is 71.9 Å². The average molecular weight is 285 g/mol. The van der Waals surface area contributed by atoms with Crippen LogP contribution in [0.1, 0.15) is 32.9 Å². The standard InChI is InChI=1S/C13H12BN3O2S/c1-6-11(16-8(3)18-6)13(19-14)10(5-15)12-7(2)20-9(4)17-12/h1-4H3. The molecule has 0 unspecified atom stereocenters. The van der Waals surface area contributed by atoms with Gasteiger partial charge in [-0.05, 0) is 20.8 Å². The molecule has 0 aliphatic carbocycles.